The molecule has 2 aromatic rings. The summed E-state index contributed by atoms with van der Waals surface area (Å²) in [6, 6.07) is 8.85. The van der Waals surface area contributed by atoms with Gasteiger partial charge in [0, 0.05) is 17.7 Å². The normalized spacial score (nSPS) is 9.85. The van der Waals surface area contributed by atoms with E-state index in [0.29, 0.717) is 0 Å². The van der Waals surface area contributed by atoms with Crippen molar-refractivity contribution in [1.82, 2.24) is 10.9 Å². The molecule has 2 rings (SSSR count). The third-order valence-electron chi connectivity index (χ3n) is 3.22. The van der Waals surface area contributed by atoms with Crippen LogP contribution < -0.4 is 16.2 Å². The first-order valence-electron chi connectivity index (χ1n) is 7.31. The molecule has 27 heavy (non-hydrogen) atoms. The molecule has 9 nitrogen and oxygen atoms in total. The van der Waals surface area contributed by atoms with E-state index in [-0.39, 0.29) is 21.9 Å². The highest BCUT2D eigenvalue weighted by Gasteiger charge is 2.18. The van der Waals surface area contributed by atoms with Gasteiger partial charge in [-0.15, -0.1) is 0 Å². The van der Waals surface area contributed by atoms with Gasteiger partial charge < -0.3 is 10.1 Å². The lowest BCUT2D eigenvalue weighted by molar-refractivity contribution is -0.384. The summed E-state index contributed by atoms with van der Waals surface area (Å²) >= 11 is 4.93. The van der Waals surface area contributed by atoms with Crippen LogP contribution in [-0.2, 0) is 4.74 Å². The lowest BCUT2D eigenvalue weighted by Gasteiger charge is -2.12. The molecule has 2 aromatic carbocycles. The number of para-hydroxylation sites is 1. The van der Waals surface area contributed by atoms with Gasteiger partial charge in [-0.25, -0.2) is 9.18 Å². The first kappa shape index (κ1) is 19.7. The molecule has 0 heterocycles. The van der Waals surface area contributed by atoms with E-state index < -0.39 is 28.3 Å². The Hall–Kier alpha value is -3.60. The molecule has 0 fully saturated rings. The van der Waals surface area contributed by atoms with Gasteiger partial charge in [-0.05, 0) is 30.4 Å². The maximum atomic E-state index is 13.5. The number of non-ortho nitro benzene ring substituents is 1. The molecule has 140 valence electrons. The molecular weight excluding hydrogens is 379 g/mol. The zero-order valence-corrected chi connectivity index (χ0v) is 14.6. The van der Waals surface area contributed by atoms with E-state index in [1.807, 2.05) is 0 Å². The summed E-state index contributed by atoms with van der Waals surface area (Å²) in [6.45, 7) is 0. The van der Waals surface area contributed by atoms with Crippen LogP contribution in [0, 0.1) is 15.9 Å². The molecule has 0 atom stereocenters. The van der Waals surface area contributed by atoms with Crippen LogP contribution in [0.3, 0.4) is 0 Å². The van der Waals surface area contributed by atoms with Crippen molar-refractivity contribution in [3.05, 3.63) is 69.5 Å². The zero-order valence-electron chi connectivity index (χ0n) is 13.8. The second-order valence-corrected chi connectivity index (χ2v) is 5.44. The topological polar surface area (TPSA) is 123 Å². The average Bonchev–Trinajstić information content (AvgIpc) is 2.66. The Kier molecular flexibility index (Phi) is 6.33. The summed E-state index contributed by atoms with van der Waals surface area (Å²) in [5.74, 6) is -2.19. The first-order chi connectivity index (χ1) is 12.8. The Labute approximate surface area is 157 Å². The number of esters is 1. The average molecular weight is 392 g/mol. The van der Waals surface area contributed by atoms with Gasteiger partial charge in [0.25, 0.3) is 11.6 Å². The summed E-state index contributed by atoms with van der Waals surface area (Å²) in [4.78, 5) is 34.0. The van der Waals surface area contributed by atoms with Gasteiger partial charge in [0.05, 0.1) is 23.3 Å². The van der Waals surface area contributed by atoms with E-state index in [0.717, 1.165) is 25.3 Å². The largest absolute Gasteiger partial charge is 0.465 e. The number of hydrazine groups is 1. The summed E-state index contributed by atoms with van der Waals surface area (Å²) in [6.07, 6.45) is 0. The number of nitro benzene ring substituents is 1. The number of nitrogens with zero attached hydrogens (tertiary/aromatic N) is 1. The van der Waals surface area contributed by atoms with Crippen LogP contribution >= 0.6 is 12.2 Å². The predicted octanol–water partition coefficient (Wildman–Crippen LogP) is 2.15. The van der Waals surface area contributed by atoms with Crippen molar-refractivity contribution < 1.29 is 23.6 Å². The molecule has 0 aliphatic heterocycles. The number of anilines is 1. The summed E-state index contributed by atoms with van der Waals surface area (Å²) in [5.41, 5.74) is 3.82. The van der Waals surface area contributed by atoms with Crippen molar-refractivity contribution in [2.45, 2.75) is 0 Å². The van der Waals surface area contributed by atoms with Gasteiger partial charge in [-0.2, -0.15) is 0 Å². The monoisotopic (exact) mass is 392 g/mol. The summed E-state index contributed by atoms with van der Waals surface area (Å²) in [5, 5.41) is 13.4. The molecular formula is C16H13FN4O5S. The fraction of sp³-hybridized carbons (Fsp3) is 0.0625. The fourth-order valence-electron chi connectivity index (χ4n) is 1.99. The minimum Gasteiger partial charge on any atom is -0.465 e. The molecule has 1 amide bonds. The molecule has 0 spiro atoms. The maximum absolute atomic E-state index is 13.5. The minimum atomic E-state index is -0.836. The van der Waals surface area contributed by atoms with Crippen LogP contribution in [-0.4, -0.2) is 29.0 Å². The van der Waals surface area contributed by atoms with E-state index in [1.54, 1.807) is 6.07 Å². The molecule has 0 aliphatic carbocycles. The van der Waals surface area contributed by atoms with E-state index in [4.69, 9.17) is 12.2 Å². The van der Waals surface area contributed by atoms with Gasteiger partial charge in [0.1, 0.15) is 5.82 Å². The van der Waals surface area contributed by atoms with Crippen molar-refractivity contribution in [2.24, 2.45) is 0 Å². The highest BCUT2D eigenvalue weighted by atomic mass is 32.1. The standard InChI is InChI=1S/C16H13FN4O5S/c1-26-15(23)10-6-9(7-11(8-10)21(24)25)14(22)19-20-16(27)18-13-5-3-2-4-12(13)17/h2-8H,1H3,(H,19,22)(H2,18,20,27). The van der Waals surface area contributed by atoms with Crippen molar-refractivity contribution in [3.8, 4) is 0 Å². The van der Waals surface area contributed by atoms with Crippen molar-refractivity contribution in [1.29, 1.82) is 0 Å². The highest BCUT2D eigenvalue weighted by molar-refractivity contribution is 7.80. The minimum absolute atomic E-state index is 0.0903. The van der Waals surface area contributed by atoms with E-state index in [1.165, 1.54) is 18.2 Å². The lowest BCUT2D eigenvalue weighted by Crippen LogP contribution is -2.43. The van der Waals surface area contributed by atoms with E-state index in [2.05, 4.69) is 20.9 Å². The second kappa shape index (κ2) is 8.67. The molecule has 0 radical (unpaired) electrons. The van der Waals surface area contributed by atoms with Crippen LogP contribution in [0.15, 0.2) is 42.5 Å². The number of thiocarbonyl (C=S) groups is 1. The van der Waals surface area contributed by atoms with Gasteiger partial charge >= 0.3 is 5.97 Å². The Balaban J connectivity index is 2.10. The smallest absolute Gasteiger partial charge is 0.338 e. The number of halogens is 1. The number of nitro groups is 1. The molecule has 11 heteroatoms. The molecule has 0 saturated carbocycles. The molecule has 3 N–H and O–H groups in total. The Morgan fingerprint density at radius 3 is 2.44 bits per heavy atom. The quantitative estimate of drug-likeness (QED) is 0.313. The van der Waals surface area contributed by atoms with Crippen LogP contribution in [0.1, 0.15) is 20.7 Å². The van der Waals surface area contributed by atoms with Gasteiger partial charge in [0.15, 0.2) is 5.11 Å². The molecule has 0 bridgehead atoms. The molecule has 0 unspecified atom stereocenters. The Morgan fingerprint density at radius 1 is 1.15 bits per heavy atom. The SMILES string of the molecule is COC(=O)c1cc(C(=O)NNC(=S)Nc2ccccc2F)cc([N+](=O)[O-])c1. The van der Waals surface area contributed by atoms with Gasteiger partial charge in [-0.3, -0.25) is 25.8 Å². The number of ether oxygens (including phenoxy) is 1. The summed E-state index contributed by atoms with van der Waals surface area (Å²) in [7, 11) is 1.11. The number of hydrogen-bond acceptors (Lipinski definition) is 6. The van der Waals surface area contributed by atoms with Crippen LogP contribution in [0.5, 0.6) is 0 Å². The van der Waals surface area contributed by atoms with Crippen molar-refractivity contribution in [2.75, 3.05) is 12.4 Å². The number of methoxy groups -OCH3 is 1. The molecule has 0 aliphatic rings. The molecule has 0 saturated heterocycles. The number of carbonyl (C=O) groups excluding carboxylic acids is 2. The van der Waals surface area contributed by atoms with Crippen LogP contribution in [0.25, 0.3) is 0 Å². The van der Waals surface area contributed by atoms with E-state index >= 15 is 0 Å². The van der Waals surface area contributed by atoms with Gasteiger partial charge in [-0.1, -0.05) is 12.1 Å². The third-order valence-corrected chi connectivity index (χ3v) is 3.43. The van der Waals surface area contributed by atoms with Crippen molar-refractivity contribution >= 4 is 40.6 Å². The number of hydrogen-bond donors (Lipinski definition) is 3. The second-order valence-electron chi connectivity index (χ2n) is 5.03. The number of carbonyl (C=O) groups is 2. The number of amides is 1. The predicted molar refractivity (Wildman–Crippen MR) is 97.7 cm³/mol. The maximum Gasteiger partial charge on any atom is 0.338 e. The number of benzene rings is 2. The molecule has 0 aromatic heterocycles. The van der Waals surface area contributed by atoms with E-state index in [9.17, 15) is 24.1 Å². The summed E-state index contributed by atoms with van der Waals surface area (Å²) < 4.78 is 18.0. The number of nitrogens with one attached hydrogen (secondary N) is 3. The fourth-order valence-corrected chi connectivity index (χ4v) is 2.15. The highest BCUT2D eigenvalue weighted by Crippen LogP contribution is 2.18. The van der Waals surface area contributed by atoms with Crippen LogP contribution in [0.4, 0.5) is 15.8 Å². The first-order valence-corrected chi connectivity index (χ1v) is 7.72. The van der Waals surface area contributed by atoms with Gasteiger partial charge in [0.2, 0.25) is 0 Å². The van der Waals surface area contributed by atoms with Crippen molar-refractivity contribution in [3.63, 3.8) is 0 Å². The number of rotatable bonds is 4. The third kappa shape index (κ3) is 5.19. The lowest BCUT2D eigenvalue weighted by atomic mass is 10.1. The van der Waals surface area contributed by atoms with Crippen LogP contribution in [0.2, 0.25) is 0 Å². The Bertz CT molecular complexity index is 921. The zero-order chi connectivity index (χ0) is 20.0. The Morgan fingerprint density at radius 2 is 1.81 bits per heavy atom.